The van der Waals surface area contributed by atoms with Crippen molar-refractivity contribution in [2.75, 3.05) is 25.0 Å². The number of halogens is 1. The average molecular weight is 549 g/mol. The molecular formula is C31H33ClN2O5. The van der Waals surface area contributed by atoms with Gasteiger partial charge in [0.2, 0.25) is 5.36 Å². The summed E-state index contributed by atoms with van der Waals surface area (Å²) in [6.07, 6.45) is 6.69. The minimum atomic E-state index is -4.94. The Morgan fingerprint density at radius 3 is 2.23 bits per heavy atom. The molecule has 2 aliphatic heterocycles. The highest BCUT2D eigenvalue weighted by Gasteiger charge is 2.37. The fourth-order valence-corrected chi connectivity index (χ4v) is 5.36. The smallest absolute Gasteiger partial charge is 0.203 e. The maximum absolute atomic E-state index is 8.49. The standard InChI is InChI=1S/C31H33N2O.ClHO4/c1-6-33(7-2)22-19-20-25-23(24-13-8-11-17-28(24)34-29(25)21-22)14-12-18-30-31(3,4)26-15-9-10-16-27(26)32(30)5;2-1(3,4)5/h8-21H,6-7H2,1-5H3;(H,2,3,4,5)/q+1;/p-1. The molecule has 0 unspecified atom stereocenters. The van der Waals surface area contributed by atoms with E-state index in [4.69, 9.17) is 23.1 Å². The molecule has 7 nitrogen and oxygen atoms in total. The van der Waals surface area contributed by atoms with Gasteiger partial charge in [-0.15, -0.1) is 10.2 Å². The second kappa shape index (κ2) is 11.3. The summed E-state index contributed by atoms with van der Waals surface area (Å²) in [5, 5.41) is 2.32. The summed E-state index contributed by atoms with van der Waals surface area (Å²) in [4.78, 5) is 2.31. The first-order valence-corrected chi connectivity index (χ1v) is 14.1. The van der Waals surface area contributed by atoms with Crippen molar-refractivity contribution in [1.82, 2.24) is 4.58 Å². The van der Waals surface area contributed by atoms with Crippen molar-refractivity contribution >= 4 is 22.7 Å². The Balaban J connectivity index is 0.000000648. The minimum Gasteiger partial charge on any atom is -0.456 e. The van der Waals surface area contributed by atoms with E-state index < -0.39 is 10.2 Å². The van der Waals surface area contributed by atoms with E-state index in [2.05, 4.69) is 123 Å². The molecule has 2 aromatic carbocycles. The second-order valence-electron chi connectivity index (χ2n) is 9.85. The molecule has 0 fully saturated rings. The molecule has 0 aromatic heterocycles. The molecule has 0 saturated heterocycles. The lowest BCUT2D eigenvalue weighted by atomic mass is 9.84. The number of fused-ring (bicyclic) bond motifs is 3. The molecule has 39 heavy (non-hydrogen) atoms. The van der Waals surface area contributed by atoms with Crippen molar-refractivity contribution in [2.24, 2.45) is 0 Å². The number of likely N-dealkylation sites (N-methyl/N-ethyl adjacent to an activating group) is 1. The third kappa shape index (κ3) is 6.08. The molecule has 0 spiro atoms. The van der Waals surface area contributed by atoms with Crippen LogP contribution in [0, 0.1) is 10.2 Å². The van der Waals surface area contributed by atoms with E-state index in [1.807, 2.05) is 6.07 Å². The third-order valence-corrected chi connectivity index (χ3v) is 7.24. The highest BCUT2D eigenvalue weighted by Crippen LogP contribution is 2.46. The lowest BCUT2D eigenvalue weighted by molar-refractivity contribution is -2.00. The van der Waals surface area contributed by atoms with Crippen LogP contribution in [0.5, 0.6) is 0 Å². The zero-order chi connectivity index (χ0) is 28.4. The van der Waals surface area contributed by atoms with E-state index in [-0.39, 0.29) is 5.41 Å². The zero-order valence-electron chi connectivity index (χ0n) is 22.8. The van der Waals surface area contributed by atoms with Gasteiger partial charge in [-0.25, -0.2) is 23.2 Å². The Labute approximate surface area is 231 Å². The van der Waals surface area contributed by atoms with Gasteiger partial charge in [0, 0.05) is 40.9 Å². The van der Waals surface area contributed by atoms with Gasteiger partial charge in [-0.1, -0.05) is 62.4 Å². The van der Waals surface area contributed by atoms with Gasteiger partial charge >= 0.3 is 0 Å². The van der Waals surface area contributed by atoms with Crippen molar-refractivity contribution in [1.29, 1.82) is 0 Å². The number of hydrogen-bond acceptors (Lipinski definition) is 6. The largest absolute Gasteiger partial charge is 0.456 e. The SMILES string of the molecule is CC[N+](CC)=c1ccc2c(/C=C/C=C3\N(C)c4ccccc4C3(C)C)c3ccccc3oc-2c1.[O-][Cl+3]([O-])([O-])[O-]. The topological polar surface area (TPSA) is 112 Å². The van der Waals surface area contributed by atoms with Gasteiger partial charge in [0.05, 0.1) is 6.07 Å². The van der Waals surface area contributed by atoms with Gasteiger partial charge in [0.25, 0.3) is 0 Å². The van der Waals surface area contributed by atoms with Crippen LogP contribution in [0.25, 0.3) is 28.4 Å². The van der Waals surface area contributed by atoms with Gasteiger partial charge in [0.15, 0.2) is 0 Å². The summed E-state index contributed by atoms with van der Waals surface area (Å²) in [7, 11) is -2.78. The molecule has 1 aliphatic carbocycles. The summed E-state index contributed by atoms with van der Waals surface area (Å²) >= 11 is 0. The number of para-hydroxylation sites is 2. The fourth-order valence-electron chi connectivity index (χ4n) is 5.36. The van der Waals surface area contributed by atoms with E-state index in [9.17, 15) is 0 Å². The monoisotopic (exact) mass is 548 g/mol. The summed E-state index contributed by atoms with van der Waals surface area (Å²) in [5.41, 5.74) is 7.14. The van der Waals surface area contributed by atoms with Crippen LogP contribution in [0.1, 0.15) is 38.8 Å². The van der Waals surface area contributed by atoms with E-state index in [0.29, 0.717) is 0 Å². The Kier molecular flexibility index (Phi) is 8.30. The molecule has 0 atom stereocenters. The van der Waals surface area contributed by atoms with Crippen molar-refractivity contribution in [3.63, 3.8) is 0 Å². The van der Waals surface area contributed by atoms with Crippen LogP contribution in [0.4, 0.5) is 5.69 Å². The summed E-state index contributed by atoms with van der Waals surface area (Å²) < 4.78 is 42.7. The van der Waals surface area contributed by atoms with E-state index in [1.54, 1.807) is 0 Å². The van der Waals surface area contributed by atoms with Gasteiger partial charge < -0.3 is 9.32 Å². The fraction of sp³-hybridized carbons (Fsp3) is 0.258. The molecule has 5 rings (SSSR count). The summed E-state index contributed by atoms with van der Waals surface area (Å²) in [5.74, 6) is 0.918. The summed E-state index contributed by atoms with van der Waals surface area (Å²) in [6, 6.07) is 23.6. The third-order valence-electron chi connectivity index (χ3n) is 7.24. The maximum atomic E-state index is 8.49. The predicted molar refractivity (Wildman–Crippen MR) is 144 cm³/mol. The zero-order valence-corrected chi connectivity index (χ0v) is 23.6. The van der Waals surface area contributed by atoms with Crippen LogP contribution in [0.2, 0.25) is 0 Å². The number of hydrogen-bond donors (Lipinski definition) is 0. The van der Waals surface area contributed by atoms with E-state index in [1.165, 1.54) is 27.9 Å². The van der Waals surface area contributed by atoms with E-state index in [0.717, 1.165) is 35.4 Å². The van der Waals surface area contributed by atoms with E-state index >= 15 is 0 Å². The molecule has 0 N–H and O–H groups in total. The maximum Gasteiger partial charge on any atom is 0.203 e. The average Bonchev–Trinajstić information content (AvgIpc) is 3.08. The Bertz CT molecular complexity index is 1570. The number of benzene rings is 3. The second-order valence-corrected chi connectivity index (χ2v) is 10.6. The Morgan fingerprint density at radius 2 is 1.56 bits per heavy atom. The van der Waals surface area contributed by atoms with Crippen LogP contribution in [0.3, 0.4) is 0 Å². The van der Waals surface area contributed by atoms with Gasteiger partial charge in [0.1, 0.15) is 24.4 Å². The molecular weight excluding hydrogens is 516 g/mol. The molecule has 8 heteroatoms. The highest BCUT2D eigenvalue weighted by atomic mass is 35.7. The van der Waals surface area contributed by atoms with Crippen molar-refractivity contribution in [3.05, 3.63) is 101 Å². The molecule has 0 saturated carbocycles. The lowest BCUT2D eigenvalue weighted by Gasteiger charge is -2.23. The number of anilines is 1. The lowest BCUT2D eigenvalue weighted by Crippen LogP contribution is -2.68. The molecule has 2 heterocycles. The van der Waals surface area contributed by atoms with Crippen molar-refractivity contribution < 1.29 is 33.3 Å². The van der Waals surface area contributed by atoms with Gasteiger partial charge in [-0.05, 0) is 49.2 Å². The van der Waals surface area contributed by atoms with Crippen LogP contribution in [-0.2, 0) is 5.41 Å². The first-order valence-electron chi connectivity index (χ1n) is 12.8. The number of rotatable bonds is 4. The first kappa shape index (κ1) is 28.5. The van der Waals surface area contributed by atoms with Crippen molar-refractivity contribution in [3.8, 4) is 11.3 Å². The molecule has 0 radical (unpaired) electrons. The predicted octanol–water partition coefficient (Wildman–Crippen LogP) is 1.92. The highest BCUT2D eigenvalue weighted by molar-refractivity contribution is 5.94. The quantitative estimate of drug-likeness (QED) is 0.284. The summed E-state index contributed by atoms with van der Waals surface area (Å²) in [6.45, 7) is 10.9. The van der Waals surface area contributed by atoms with Gasteiger partial charge in [-0.2, -0.15) is 0 Å². The van der Waals surface area contributed by atoms with Crippen LogP contribution in [0.15, 0.2) is 89.0 Å². The van der Waals surface area contributed by atoms with Crippen LogP contribution >= 0.6 is 0 Å². The Morgan fingerprint density at radius 1 is 0.923 bits per heavy atom. The minimum absolute atomic E-state index is 0.0372. The first-order chi connectivity index (χ1) is 18.5. The molecule has 0 amide bonds. The number of allylic oxidation sites excluding steroid dienone is 3. The van der Waals surface area contributed by atoms with Gasteiger partial charge in [-0.3, -0.25) is 0 Å². The normalized spacial score (nSPS) is 15.6. The Hall–Kier alpha value is -3.46. The van der Waals surface area contributed by atoms with Crippen LogP contribution in [-0.4, -0.2) is 20.1 Å². The van der Waals surface area contributed by atoms with Crippen molar-refractivity contribution in [2.45, 2.75) is 33.1 Å². The van der Waals surface area contributed by atoms with Crippen LogP contribution < -0.4 is 33.5 Å². The molecule has 3 aliphatic rings. The number of nitrogens with zero attached hydrogens (tertiary/aromatic N) is 2. The molecule has 0 bridgehead atoms. The molecule has 2 aromatic rings. The molecule has 204 valence electrons.